The van der Waals surface area contributed by atoms with Crippen molar-refractivity contribution >= 4 is 11.9 Å². The number of fused-ring (bicyclic) bond motifs is 5. The van der Waals surface area contributed by atoms with E-state index in [-0.39, 0.29) is 47.3 Å². The standard InChI is InChI=1S/C47H86N4O3/c1-11-35(33(2)3)15-14-34(4)39-18-19-40-38-17-16-36-32-37(22-24-46(36,9)41(38)23-25-47(39,40)10)54-43(53)21-20-42(52)51(31-27-45(7,8)49)30-13-12-28-50-29-26-44(5,6)48/h16,33-35,37-41,50H,11-15,17-32,48-49H2,1-10H3/t34?,35?,37-,38-,39+,40-,41-,46-,47+/m0/s1. The van der Waals surface area contributed by atoms with Crippen LogP contribution in [0.5, 0.6) is 0 Å². The number of unbranched alkanes of at least 4 members (excludes halogenated alkanes) is 1. The Labute approximate surface area is 332 Å². The third-order valence-corrected chi connectivity index (χ3v) is 15.5. The van der Waals surface area contributed by atoms with E-state index in [0.29, 0.717) is 18.5 Å². The number of nitrogens with zero attached hydrogens (tertiary/aromatic N) is 1. The van der Waals surface area contributed by atoms with Crippen molar-refractivity contribution in [1.29, 1.82) is 0 Å². The van der Waals surface area contributed by atoms with Gasteiger partial charge in [-0.05, 0) is 170 Å². The lowest BCUT2D eigenvalue weighted by Gasteiger charge is -2.58. The van der Waals surface area contributed by atoms with E-state index in [9.17, 15) is 9.59 Å². The van der Waals surface area contributed by atoms with Gasteiger partial charge in [0.05, 0.1) is 6.42 Å². The molecule has 0 saturated heterocycles. The van der Waals surface area contributed by atoms with Crippen LogP contribution in [0.1, 0.15) is 178 Å². The molecule has 0 aliphatic heterocycles. The molecule has 3 fully saturated rings. The zero-order valence-electron chi connectivity index (χ0n) is 36.9. The number of rotatable bonds is 21. The van der Waals surface area contributed by atoms with E-state index in [2.05, 4.69) is 52.9 Å². The Hall–Kier alpha value is -1.44. The fourth-order valence-electron chi connectivity index (χ4n) is 11.9. The zero-order chi connectivity index (χ0) is 39.9. The van der Waals surface area contributed by atoms with Crippen LogP contribution in [0.2, 0.25) is 0 Å². The van der Waals surface area contributed by atoms with E-state index in [0.717, 1.165) is 99.5 Å². The van der Waals surface area contributed by atoms with Crippen LogP contribution >= 0.6 is 0 Å². The number of carbonyl (C=O) groups is 2. The van der Waals surface area contributed by atoms with Crippen molar-refractivity contribution in [3.05, 3.63) is 11.6 Å². The number of ether oxygens (including phenoxy) is 1. The highest BCUT2D eigenvalue weighted by atomic mass is 16.5. The van der Waals surface area contributed by atoms with Crippen LogP contribution in [0.3, 0.4) is 0 Å². The van der Waals surface area contributed by atoms with Crippen molar-refractivity contribution in [3.63, 3.8) is 0 Å². The van der Waals surface area contributed by atoms with Crippen LogP contribution in [0.4, 0.5) is 0 Å². The molecule has 54 heavy (non-hydrogen) atoms. The quantitative estimate of drug-likeness (QED) is 0.0612. The molecular formula is C47H86N4O3. The van der Waals surface area contributed by atoms with Gasteiger partial charge in [0.1, 0.15) is 6.10 Å². The van der Waals surface area contributed by atoms with Gasteiger partial charge in [-0.1, -0.05) is 66.0 Å². The normalized spacial score (nSPS) is 30.9. The number of carbonyl (C=O) groups excluding carboxylic acids is 2. The molecule has 1 amide bonds. The number of esters is 1. The molecule has 2 unspecified atom stereocenters. The number of nitrogens with two attached hydrogens (primary N) is 2. The maximum Gasteiger partial charge on any atom is 0.306 e. The molecule has 0 aromatic rings. The van der Waals surface area contributed by atoms with Gasteiger partial charge in [0.15, 0.2) is 0 Å². The van der Waals surface area contributed by atoms with Crippen LogP contribution in [0.25, 0.3) is 0 Å². The molecule has 3 saturated carbocycles. The van der Waals surface area contributed by atoms with Gasteiger partial charge in [-0.15, -0.1) is 0 Å². The number of amides is 1. The number of hydrogen-bond acceptors (Lipinski definition) is 6. The van der Waals surface area contributed by atoms with Gasteiger partial charge in [-0.25, -0.2) is 0 Å². The summed E-state index contributed by atoms with van der Waals surface area (Å²) >= 11 is 0. The molecule has 7 nitrogen and oxygen atoms in total. The summed E-state index contributed by atoms with van der Waals surface area (Å²) in [5, 5.41) is 3.47. The van der Waals surface area contributed by atoms with E-state index in [1.165, 1.54) is 51.4 Å². The minimum Gasteiger partial charge on any atom is -0.462 e. The maximum atomic E-state index is 13.4. The van der Waals surface area contributed by atoms with Crippen LogP contribution < -0.4 is 16.8 Å². The van der Waals surface area contributed by atoms with Crippen molar-refractivity contribution in [1.82, 2.24) is 10.2 Å². The highest BCUT2D eigenvalue weighted by Gasteiger charge is 2.59. The monoisotopic (exact) mass is 755 g/mol. The Kier molecular flexibility index (Phi) is 16.2. The summed E-state index contributed by atoms with van der Waals surface area (Å²) in [4.78, 5) is 28.5. The summed E-state index contributed by atoms with van der Waals surface area (Å²) in [6.45, 7) is 26.2. The highest BCUT2D eigenvalue weighted by Crippen LogP contribution is 2.67. The van der Waals surface area contributed by atoms with Gasteiger partial charge in [0.2, 0.25) is 5.91 Å². The predicted octanol–water partition coefficient (Wildman–Crippen LogP) is 9.81. The second-order valence-corrected chi connectivity index (χ2v) is 21.1. The third-order valence-electron chi connectivity index (χ3n) is 15.5. The van der Waals surface area contributed by atoms with E-state index in [1.807, 2.05) is 32.6 Å². The molecule has 0 spiro atoms. The smallest absolute Gasteiger partial charge is 0.306 e. The van der Waals surface area contributed by atoms with Gasteiger partial charge >= 0.3 is 5.97 Å². The van der Waals surface area contributed by atoms with Gasteiger partial charge in [0, 0.05) is 37.0 Å². The first-order valence-electron chi connectivity index (χ1n) is 22.7. The Bertz CT molecular complexity index is 1230. The Morgan fingerprint density at radius 1 is 0.907 bits per heavy atom. The lowest BCUT2D eigenvalue weighted by Crippen LogP contribution is -2.51. The van der Waals surface area contributed by atoms with Gasteiger partial charge < -0.3 is 26.4 Å². The fraction of sp³-hybridized carbons (Fsp3) is 0.915. The summed E-state index contributed by atoms with van der Waals surface area (Å²) in [6.07, 6.45) is 20.2. The average molecular weight is 755 g/mol. The van der Waals surface area contributed by atoms with E-state index in [1.54, 1.807) is 5.57 Å². The number of nitrogens with one attached hydrogen (secondary N) is 1. The second kappa shape index (κ2) is 19.3. The molecule has 312 valence electrons. The molecule has 0 bridgehead atoms. The number of hydrogen-bond donors (Lipinski definition) is 3. The largest absolute Gasteiger partial charge is 0.462 e. The zero-order valence-corrected chi connectivity index (χ0v) is 36.9. The molecule has 9 atom stereocenters. The Morgan fingerprint density at radius 3 is 2.30 bits per heavy atom. The van der Waals surface area contributed by atoms with Crippen LogP contribution in [0.15, 0.2) is 11.6 Å². The SMILES string of the molecule is CCC(CCC(C)[C@H]1CC[C@H]2[C@@H]3CC=C4C[C@@H](OC(=O)CCC(=O)N(CCCCNCCC(C)(C)N)CCC(C)(C)N)CC[C@]4(C)[C@H]3CC[C@]12C)C(C)C. The summed E-state index contributed by atoms with van der Waals surface area (Å²) in [5.41, 5.74) is 14.1. The summed E-state index contributed by atoms with van der Waals surface area (Å²) < 4.78 is 6.13. The predicted molar refractivity (Wildman–Crippen MR) is 226 cm³/mol. The first-order chi connectivity index (χ1) is 25.3. The summed E-state index contributed by atoms with van der Waals surface area (Å²) in [5.74, 6) is 5.55. The Morgan fingerprint density at radius 2 is 1.63 bits per heavy atom. The minimum absolute atomic E-state index is 0.0276. The highest BCUT2D eigenvalue weighted by molar-refractivity contribution is 5.81. The molecule has 4 aliphatic rings. The molecule has 4 rings (SSSR count). The molecule has 0 radical (unpaired) electrons. The molecule has 7 heteroatoms. The lowest BCUT2D eigenvalue weighted by atomic mass is 9.47. The van der Waals surface area contributed by atoms with Gasteiger partial charge in [0.25, 0.3) is 0 Å². The van der Waals surface area contributed by atoms with Crippen LogP contribution in [-0.4, -0.2) is 60.1 Å². The Balaban J connectivity index is 1.26. The van der Waals surface area contributed by atoms with Crippen molar-refractivity contribution in [2.45, 2.75) is 196 Å². The minimum atomic E-state index is -0.349. The van der Waals surface area contributed by atoms with E-state index >= 15 is 0 Å². The molecule has 5 N–H and O–H groups in total. The first kappa shape index (κ1) is 45.3. The summed E-state index contributed by atoms with van der Waals surface area (Å²) in [6, 6.07) is 0. The molecule has 0 heterocycles. The van der Waals surface area contributed by atoms with Crippen molar-refractivity contribution < 1.29 is 14.3 Å². The molecular weight excluding hydrogens is 669 g/mol. The van der Waals surface area contributed by atoms with E-state index in [4.69, 9.17) is 16.2 Å². The average Bonchev–Trinajstić information content (AvgIpc) is 3.44. The molecule has 0 aromatic heterocycles. The topological polar surface area (TPSA) is 111 Å². The van der Waals surface area contributed by atoms with Gasteiger partial charge in [-0.3, -0.25) is 9.59 Å². The first-order valence-corrected chi connectivity index (χ1v) is 22.7. The third kappa shape index (κ3) is 12.0. The second-order valence-electron chi connectivity index (χ2n) is 21.1. The van der Waals surface area contributed by atoms with Crippen LogP contribution in [-0.2, 0) is 14.3 Å². The number of allylic oxidation sites excluding steroid dienone is 1. The van der Waals surface area contributed by atoms with Crippen molar-refractivity contribution in [3.8, 4) is 0 Å². The molecule has 4 aliphatic carbocycles. The van der Waals surface area contributed by atoms with Crippen LogP contribution in [0, 0.1) is 52.3 Å². The summed E-state index contributed by atoms with van der Waals surface area (Å²) in [7, 11) is 0. The fourth-order valence-corrected chi connectivity index (χ4v) is 11.9. The lowest BCUT2D eigenvalue weighted by molar-refractivity contribution is -0.153. The van der Waals surface area contributed by atoms with Crippen molar-refractivity contribution in [2.75, 3.05) is 26.2 Å². The van der Waals surface area contributed by atoms with E-state index < -0.39 is 0 Å². The van der Waals surface area contributed by atoms with Gasteiger partial charge in [-0.2, -0.15) is 0 Å². The maximum absolute atomic E-state index is 13.4. The molecule has 0 aromatic carbocycles. The van der Waals surface area contributed by atoms with Crippen molar-refractivity contribution in [2.24, 2.45) is 63.7 Å².